The van der Waals surface area contributed by atoms with Gasteiger partial charge in [0.1, 0.15) is 5.75 Å². The number of hydrogen-bond acceptors (Lipinski definition) is 3. The van der Waals surface area contributed by atoms with E-state index in [1.54, 1.807) is 0 Å². The SMILES string of the molecule is CC(C)(C)c1cc(C=NCC2CCCN2Cc2cc(Br)cc(Br)c2)c(O)c(C(C)(C)C)c1. The number of likely N-dealkylation sites (tertiary alicyclic amines) is 1. The highest BCUT2D eigenvalue weighted by Gasteiger charge is 2.26. The van der Waals surface area contributed by atoms with E-state index in [1.807, 2.05) is 6.21 Å². The van der Waals surface area contributed by atoms with Crippen LogP contribution in [0.3, 0.4) is 0 Å². The van der Waals surface area contributed by atoms with Crippen molar-refractivity contribution < 1.29 is 5.11 Å². The van der Waals surface area contributed by atoms with E-state index in [0.29, 0.717) is 11.8 Å². The number of hydrogen-bond donors (Lipinski definition) is 1. The summed E-state index contributed by atoms with van der Waals surface area (Å²) < 4.78 is 2.19. The molecule has 0 aliphatic carbocycles. The van der Waals surface area contributed by atoms with Gasteiger partial charge in [0.15, 0.2) is 0 Å². The Hall–Kier alpha value is -1.17. The van der Waals surface area contributed by atoms with Crippen LogP contribution < -0.4 is 0 Å². The number of phenols is 1. The van der Waals surface area contributed by atoms with Gasteiger partial charge in [-0.3, -0.25) is 9.89 Å². The van der Waals surface area contributed by atoms with E-state index in [2.05, 4.69) is 109 Å². The third-order valence-electron chi connectivity index (χ3n) is 6.17. The molecule has 0 amide bonds. The Bertz CT molecular complexity index is 966. The van der Waals surface area contributed by atoms with Gasteiger partial charge in [0.05, 0.1) is 6.54 Å². The van der Waals surface area contributed by atoms with Crippen molar-refractivity contribution in [2.24, 2.45) is 4.99 Å². The standard InChI is InChI=1S/C27H36Br2N2O/c1-26(2,3)20-12-19(25(32)24(13-20)27(4,5)6)15-30-16-23-8-7-9-31(23)17-18-10-21(28)14-22(29)11-18/h10-15,23,32H,7-9,16-17H2,1-6H3. The van der Waals surface area contributed by atoms with E-state index in [-0.39, 0.29) is 10.8 Å². The van der Waals surface area contributed by atoms with E-state index in [1.165, 1.54) is 17.5 Å². The molecule has 1 aliphatic rings. The van der Waals surface area contributed by atoms with E-state index in [9.17, 15) is 5.11 Å². The molecule has 0 spiro atoms. The third kappa shape index (κ3) is 6.45. The normalized spacial score (nSPS) is 18.1. The molecule has 0 aromatic heterocycles. The highest BCUT2D eigenvalue weighted by molar-refractivity contribution is 9.11. The van der Waals surface area contributed by atoms with E-state index in [0.717, 1.165) is 46.1 Å². The molecule has 5 heteroatoms. The zero-order valence-corrected chi connectivity index (χ0v) is 23.3. The van der Waals surface area contributed by atoms with Crippen LogP contribution in [0.5, 0.6) is 5.75 Å². The molecule has 2 aromatic carbocycles. The predicted molar refractivity (Wildman–Crippen MR) is 143 cm³/mol. The Morgan fingerprint density at radius 1 is 1.00 bits per heavy atom. The second kappa shape index (κ2) is 9.99. The summed E-state index contributed by atoms with van der Waals surface area (Å²) in [7, 11) is 0. The first kappa shape index (κ1) is 25.5. The fraction of sp³-hybridized carbons (Fsp3) is 0.519. The topological polar surface area (TPSA) is 35.8 Å². The lowest BCUT2D eigenvalue weighted by Gasteiger charge is -2.27. The molecule has 1 aliphatic heterocycles. The summed E-state index contributed by atoms with van der Waals surface area (Å²) in [5.74, 6) is 0.358. The van der Waals surface area contributed by atoms with Crippen LogP contribution >= 0.6 is 31.9 Å². The van der Waals surface area contributed by atoms with Gasteiger partial charge in [-0.1, -0.05) is 79.5 Å². The van der Waals surface area contributed by atoms with Crippen LogP contribution in [0, 0.1) is 0 Å². The second-order valence-electron chi connectivity index (χ2n) is 11.0. The third-order valence-corrected chi connectivity index (χ3v) is 7.08. The van der Waals surface area contributed by atoms with Gasteiger partial charge in [-0.15, -0.1) is 0 Å². The summed E-state index contributed by atoms with van der Waals surface area (Å²) in [5.41, 5.74) is 4.21. The Kier molecular flexibility index (Phi) is 7.94. The van der Waals surface area contributed by atoms with Crippen LogP contribution in [0.25, 0.3) is 0 Å². The van der Waals surface area contributed by atoms with Gasteiger partial charge in [-0.25, -0.2) is 0 Å². The Balaban J connectivity index is 1.78. The maximum Gasteiger partial charge on any atom is 0.128 e. The summed E-state index contributed by atoms with van der Waals surface area (Å²) in [5, 5.41) is 11.0. The number of benzene rings is 2. The van der Waals surface area contributed by atoms with Gasteiger partial charge in [-0.05, 0) is 65.6 Å². The quantitative estimate of drug-likeness (QED) is 0.380. The van der Waals surface area contributed by atoms with Crippen LogP contribution in [-0.2, 0) is 17.4 Å². The molecule has 1 fully saturated rings. The van der Waals surface area contributed by atoms with E-state index in [4.69, 9.17) is 4.99 Å². The van der Waals surface area contributed by atoms with Crippen molar-refractivity contribution in [3.63, 3.8) is 0 Å². The summed E-state index contributed by atoms with van der Waals surface area (Å²) in [6.07, 6.45) is 4.24. The van der Waals surface area contributed by atoms with Crippen molar-refractivity contribution in [1.29, 1.82) is 0 Å². The van der Waals surface area contributed by atoms with Crippen LogP contribution in [0.4, 0.5) is 0 Å². The van der Waals surface area contributed by atoms with Gasteiger partial charge in [-0.2, -0.15) is 0 Å². The lowest BCUT2D eigenvalue weighted by atomic mass is 9.79. The zero-order chi connectivity index (χ0) is 23.7. The zero-order valence-electron chi connectivity index (χ0n) is 20.2. The van der Waals surface area contributed by atoms with Crippen LogP contribution in [-0.4, -0.2) is 35.4 Å². The van der Waals surface area contributed by atoms with Gasteiger partial charge in [0, 0.05) is 38.9 Å². The average molecular weight is 564 g/mol. The molecule has 0 bridgehead atoms. The van der Waals surface area contributed by atoms with E-state index < -0.39 is 0 Å². The Morgan fingerprint density at radius 3 is 2.25 bits per heavy atom. The van der Waals surface area contributed by atoms with Crippen molar-refractivity contribution in [2.75, 3.05) is 13.1 Å². The lowest BCUT2D eigenvalue weighted by molar-refractivity contribution is 0.251. The van der Waals surface area contributed by atoms with Crippen molar-refractivity contribution in [3.8, 4) is 5.75 Å². The number of rotatable bonds is 5. The van der Waals surface area contributed by atoms with Gasteiger partial charge in [0.2, 0.25) is 0 Å². The first-order chi connectivity index (χ1) is 14.8. The maximum atomic E-state index is 11.0. The monoisotopic (exact) mass is 562 g/mol. The van der Waals surface area contributed by atoms with Crippen LogP contribution in [0.15, 0.2) is 44.3 Å². The van der Waals surface area contributed by atoms with Gasteiger partial charge < -0.3 is 5.11 Å². The number of aromatic hydroxyl groups is 1. The molecule has 0 radical (unpaired) electrons. The molecule has 2 aromatic rings. The number of aliphatic imine (C=N–C) groups is 1. The van der Waals surface area contributed by atoms with Crippen molar-refractivity contribution in [2.45, 2.75) is 77.8 Å². The van der Waals surface area contributed by atoms with Crippen molar-refractivity contribution in [3.05, 3.63) is 61.5 Å². The second-order valence-corrected chi connectivity index (χ2v) is 12.8. The van der Waals surface area contributed by atoms with Crippen LogP contribution in [0.1, 0.15) is 76.6 Å². The van der Waals surface area contributed by atoms with Crippen LogP contribution in [0.2, 0.25) is 0 Å². The molecule has 1 unspecified atom stereocenters. The maximum absolute atomic E-state index is 11.0. The predicted octanol–water partition coefficient (Wildman–Crippen LogP) is 7.60. The summed E-state index contributed by atoms with van der Waals surface area (Å²) >= 11 is 7.19. The number of halogens is 2. The molecular weight excluding hydrogens is 528 g/mol. The first-order valence-electron chi connectivity index (χ1n) is 11.4. The smallest absolute Gasteiger partial charge is 0.128 e. The molecular formula is C27H36Br2N2O. The summed E-state index contributed by atoms with van der Waals surface area (Å²) in [6.45, 7) is 15.8. The lowest BCUT2D eigenvalue weighted by Crippen LogP contribution is -2.31. The molecule has 32 heavy (non-hydrogen) atoms. The molecule has 3 rings (SSSR count). The fourth-order valence-corrected chi connectivity index (χ4v) is 5.67. The highest BCUT2D eigenvalue weighted by Crippen LogP contribution is 2.37. The van der Waals surface area contributed by atoms with Crippen molar-refractivity contribution >= 4 is 38.1 Å². The largest absolute Gasteiger partial charge is 0.507 e. The molecule has 174 valence electrons. The first-order valence-corrected chi connectivity index (χ1v) is 13.0. The van der Waals surface area contributed by atoms with E-state index >= 15 is 0 Å². The Labute approximate surface area is 210 Å². The number of phenolic OH excluding ortho intramolecular Hbond substituents is 1. The number of nitrogens with zero attached hydrogens (tertiary/aromatic N) is 2. The summed E-state index contributed by atoms with van der Waals surface area (Å²) in [4.78, 5) is 7.34. The molecule has 1 atom stereocenters. The van der Waals surface area contributed by atoms with Crippen molar-refractivity contribution in [1.82, 2.24) is 4.90 Å². The fourth-order valence-electron chi connectivity index (χ4n) is 4.28. The molecule has 1 heterocycles. The summed E-state index contributed by atoms with van der Waals surface area (Å²) in [6, 6.07) is 11.1. The average Bonchev–Trinajstić information content (AvgIpc) is 3.07. The minimum Gasteiger partial charge on any atom is -0.507 e. The van der Waals surface area contributed by atoms with Gasteiger partial charge >= 0.3 is 0 Å². The minimum absolute atomic E-state index is 0.0107. The molecule has 0 saturated carbocycles. The molecule has 1 saturated heterocycles. The minimum atomic E-state index is -0.131. The molecule has 1 N–H and O–H groups in total. The highest BCUT2D eigenvalue weighted by atomic mass is 79.9. The molecule has 3 nitrogen and oxygen atoms in total. The van der Waals surface area contributed by atoms with Gasteiger partial charge in [0.25, 0.3) is 0 Å². The Morgan fingerprint density at radius 2 is 1.66 bits per heavy atom.